The minimum atomic E-state index is -0.880. The van der Waals surface area contributed by atoms with Crippen molar-refractivity contribution in [2.45, 2.75) is 0 Å². The summed E-state index contributed by atoms with van der Waals surface area (Å²) >= 11 is 10.6. The molecule has 0 bridgehead atoms. The third kappa shape index (κ3) is 1.18. The van der Waals surface area contributed by atoms with Gasteiger partial charge in [-0.1, -0.05) is 23.2 Å². The number of phenolic OH excluding ortho intramolecular Hbond substituents is 1. The molecule has 1 N–H and O–H groups in total. The molecule has 0 aliphatic heterocycles. The summed E-state index contributed by atoms with van der Waals surface area (Å²) in [6.45, 7) is 0. The first-order valence-corrected chi connectivity index (χ1v) is 3.21. The lowest BCUT2D eigenvalue weighted by molar-refractivity contribution is 0.433. The van der Waals surface area contributed by atoms with Gasteiger partial charge in [0.2, 0.25) is 0 Å². The molecule has 0 unspecified atom stereocenters. The third-order valence-corrected chi connectivity index (χ3v) is 1.62. The minimum Gasteiger partial charge on any atom is -0.504 e. The van der Waals surface area contributed by atoms with Crippen LogP contribution in [0.1, 0.15) is 0 Å². The molecule has 0 heterocycles. The molecule has 0 saturated carbocycles. The molecular weight excluding hydrogens is 178 g/mol. The topological polar surface area (TPSA) is 20.2 Å². The van der Waals surface area contributed by atoms with E-state index < -0.39 is 11.6 Å². The second kappa shape index (κ2) is 2.64. The second-order valence-electron chi connectivity index (χ2n) is 1.69. The summed E-state index contributed by atoms with van der Waals surface area (Å²) in [6, 6.07) is 2.60. The molecule has 54 valence electrons. The molecule has 0 spiro atoms. The average molecular weight is 181 g/mol. The Morgan fingerprint density at radius 3 is 2.20 bits per heavy atom. The predicted octanol–water partition coefficient (Wildman–Crippen LogP) is 2.84. The highest BCUT2D eigenvalue weighted by Crippen LogP contribution is 2.30. The molecule has 1 rings (SSSR count). The van der Waals surface area contributed by atoms with Crippen LogP contribution in [0.15, 0.2) is 12.1 Å². The Morgan fingerprint density at radius 1 is 1.20 bits per heavy atom. The Labute approximate surface area is 67.0 Å². The van der Waals surface area contributed by atoms with Crippen LogP contribution in [-0.2, 0) is 0 Å². The van der Waals surface area contributed by atoms with Crippen LogP contribution in [0.2, 0.25) is 10.0 Å². The van der Waals surface area contributed by atoms with Crippen molar-refractivity contribution in [2.75, 3.05) is 0 Å². The van der Waals surface area contributed by atoms with Crippen molar-refractivity contribution in [3.8, 4) is 5.75 Å². The summed E-state index contributed by atoms with van der Waals surface area (Å²) < 4.78 is 12.5. The molecule has 0 fully saturated rings. The highest BCUT2D eigenvalue weighted by atomic mass is 35.5. The smallest absolute Gasteiger partial charge is 0.184 e. The van der Waals surface area contributed by atoms with Crippen molar-refractivity contribution in [3.05, 3.63) is 28.0 Å². The Balaban J connectivity index is 3.34. The maximum Gasteiger partial charge on any atom is 0.184 e. The molecule has 1 aromatic rings. The number of rotatable bonds is 0. The summed E-state index contributed by atoms with van der Waals surface area (Å²) in [6.07, 6.45) is 0. The van der Waals surface area contributed by atoms with Crippen LogP contribution in [0.5, 0.6) is 5.75 Å². The minimum absolute atomic E-state index is 0.0399. The van der Waals surface area contributed by atoms with Crippen molar-refractivity contribution in [1.29, 1.82) is 0 Å². The first-order chi connectivity index (χ1) is 4.63. The van der Waals surface area contributed by atoms with Gasteiger partial charge in [-0.15, -0.1) is 0 Å². The second-order valence-corrected chi connectivity index (χ2v) is 2.51. The monoisotopic (exact) mass is 180 g/mol. The molecule has 0 saturated heterocycles. The standard InChI is InChI=1S/C6H3Cl2FO/c7-3-1-2-4(8)6(10)5(3)9/h1-2,10H. The van der Waals surface area contributed by atoms with Gasteiger partial charge in [-0.25, -0.2) is 4.39 Å². The van der Waals surface area contributed by atoms with Crippen molar-refractivity contribution in [1.82, 2.24) is 0 Å². The van der Waals surface area contributed by atoms with Crippen LogP contribution in [0.4, 0.5) is 4.39 Å². The van der Waals surface area contributed by atoms with E-state index in [-0.39, 0.29) is 10.0 Å². The lowest BCUT2D eigenvalue weighted by Gasteiger charge is -1.97. The van der Waals surface area contributed by atoms with E-state index in [1.807, 2.05) is 0 Å². The summed E-state index contributed by atoms with van der Waals surface area (Å²) in [5.41, 5.74) is 0. The van der Waals surface area contributed by atoms with Gasteiger partial charge in [-0.05, 0) is 12.1 Å². The van der Waals surface area contributed by atoms with Crippen molar-refractivity contribution in [3.63, 3.8) is 0 Å². The summed E-state index contributed by atoms with van der Waals surface area (Å²) in [5.74, 6) is -1.48. The molecule has 10 heavy (non-hydrogen) atoms. The summed E-state index contributed by atoms with van der Waals surface area (Å²) in [4.78, 5) is 0. The third-order valence-electron chi connectivity index (χ3n) is 1.02. The number of benzene rings is 1. The summed E-state index contributed by atoms with van der Waals surface area (Å²) in [7, 11) is 0. The lowest BCUT2D eigenvalue weighted by Crippen LogP contribution is -1.78. The van der Waals surface area contributed by atoms with E-state index in [4.69, 9.17) is 28.3 Å². The van der Waals surface area contributed by atoms with E-state index in [0.717, 1.165) is 0 Å². The number of hydrogen-bond donors (Lipinski definition) is 1. The number of hydrogen-bond acceptors (Lipinski definition) is 1. The zero-order chi connectivity index (χ0) is 7.72. The van der Waals surface area contributed by atoms with Crippen molar-refractivity contribution >= 4 is 23.2 Å². The quantitative estimate of drug-likeness (QED) is 0.610. The highest BCUT2D eigenvalue weighted by molar-refractivity contribution is 6.34. The van der Waals surface area contributed by atoms with E-state index in [0.29, 0.717) is 0 Å². The molecular formula is C6H3Cl2FO. The van der Waals surface area contributed by atoms with Crippen LogP contribution in [0.25, 0.3) is 0 Å². The predicted molar refractivity (Wildman–Crippen MR) is 38.1 cm³/mol. The normalized spacial score (nSPS) is 9.90. The fraction of sp³-hybridized carbons (Fsp3) is 0. The van der Waals surface area contributed by atoms with Gasteiger partial charge < -0.3 is 5.11 Å². The van der Waals surface area contributed by atoms with E-state index in [1.54, 1.807) is 0 Å². The van der Waals surface area contributed by atoms with Gasteiger partial charge >= 0.3 is 0 Å². The molecule has 0 amide bonds. The molecule has 0 aromatic heterocycles. The largest absolute Gasteiger partial charge is 0.504 e. The highest BCUT2D eigenvalue weighted by Gasteiger charge is 2.08. The SMILES string of the molecule is Oc1c(Cl)ccc(Cl)c1F. The van der Waals surface area contributed by atoms with Gasteiger partial charge in [0.05, 0.1) is 10.0 Å². The van der Waals surface area contributed by atoms with Gasteiger partial charge in [0.15, 0.2) is 11.6 Å². The molecule has 1 nitrogen and oxygen atoms in total. The summed E-state index contributed by atoms with van der Waals surface area (Å²) in [5, 5.41) is 8.62. The fourth-order valence-corrected chi connectivity index (χ4v) is 0.815. The molecule has 4 heteroatoms. The fourth-order valence-electron chi connectivity index (χ4n) is 0.516. The molecule has 0 atom stereocenters. The van der Waals surface area contributed by atoms with E-state index in [9.17, 15) is 4.39 Å². The van der Waals surface area contributed by atoms with Crippen LogP contribution in [0, 0.1) is 5.82 Å². The van der Waals surface area contributed by atoms with E-state index in [2.05, 4.69) is 0 Å². The number of phenols is 1. The Morgan fingerprint density at radius 2 is 1.70 bits per heavy atom. The Kier molecular flexibility index (Phi) is 2.02. The zero-order valence-electron chi connectivity index (χ0n) is 4.74. The molecule has 0 radical (unpaired) electrons. The maximum absolute atomic E-state index is 12.5. The van der Waals surface area contributed by atoms with Crippen molar-refractivity contribution in [2.24, 2.45) is 0 Å². The van der Waals surface area contributed by atoms with Gasteiger partial charge in [-0.2, -0.15) is 0 Å². The van der Waals surface area contributed by atoms with E-state index >= 15 is 0 Å². The van der Waals surface area contributed by atoms with Crippen molar-refractivity contribution < 1.29 is 9.50 Å². The molecule has 0 aliphatic carbocycles. The van der Waals surface area contributed by atoms with Gasteiger partial charge in [0.1, 0.15) is 0 Å². The van der Waals surface area contributed by atoms with Crippen LogP contribution >= 0.6 is 23.2 Å². The first-order valence-electron chi connectivity index (χ1n) is 2.45. The number of aromatic hydroxyl groups is 1. The molecule has 0 aliphatic rings. The van der Waals surface area contributed by atoms with Gasteiger partial charge in [0, 0.05) is 0 Å². The Hall–Kier alpha value is -0.470. The van der Waals surface area contributed by atoms with E-state index in [1.165, 1.54) is 12.1 Å². The maximum atomic E-state index is 12.5. The zero-order valence-corrected chi connectivity index (χ0v) is 6.25. The number of halogens is 3. The van der Waals surface area contributed by atoms with Gasteiger partial charge in [0.25, 0.3) is 0 Å². The Bertz CT molecular complexity index is 235. The molecule has 1 aromatic carbocycles. The average Bonchev–Trinajstić information content (AvgIpc) is 1.93. The lowest BCUT2D eigenvalue weighted by atomic mass is 10.3. The first kappa shape index (κ1) is 7.63. The van der Waals surface area contributed by atoms with Crippen LogP contribution in [0.3, 0.4) is 0 Å². The van der Waals surface area contributed by atoms with Crippen LogP contribution in [-0.4, -0.2) is 5.11 Å². The van der Waals surface area contributed by atoms with Gasteiger partial charge in [-0.3, -0.25) is 0 Å². The van der Waals surface area contributed by atoms with Crippen LogP contribution < -0.4 is 0 Å².